The molecule has 1 saturated carbocycles. The van der Waals surface area contributed by atoms with Crippen LogP contribution in [0.1, 0.15) is 57.9 Å². The highest BCUT2D eigenvalue weighted by Gasteiger charge is 2.60. The van der Waals surface area contributed by atoms with Crippen LogP contribution in [0.2, 0.25) is 5.02 Å². The van der Waals surface area contributed by atoms with Crippen molar-refractivity contribution in [1.82, 2.24) is 25.3 Å². The fourth-order valence-corrected chi connectivity index (χ4v) is 4.89. The van der Waals surface area contributed by atoms with E-state index in [9.17, 15) is 23.1 Å². The van der Waals surface area contributed by atoms with Gasteiger partial charge in [-0.3, -0.25) is 4.79 Å². The number of nitrogens with one attached hydrogen (secondary N) is 1. The van der Waals surface area contributed by atoms with Crippen LogP contribution in [0.25, 0.3) is 22.8 Å². The topological polar surface area (TPSA) is 110 Å². The first kappa shape index (κ1) is 28.5. The summed E-state index contributed by atoms with van der Waals surface area (Å²) < 4.78 is 46.9. The zero-order valence-electron chi connectivity index (χ0n) is 21.6. The van der Waals surface area contributed by atoms with Crippen molar-refractivity contribution < 1.29 is 27.8 Å². The third kappa shape index (κ3) is 6.41. The number of hydrogen-bond donors (Lipinski definition) is 2. The Morgan fingerprint density at radius 2 is 1.87 bits per heavy atom. The highest BCUT2D eigenvalue weighted by atomic mass is 35.5. The zero-order chi connectivity index (χ0) is 28.2. The number of pyridine rings is 1. The second-order valence-electron chi connectivity index (χ2n) is 9.67. The number of hydrogen-bond acceptors (Lipinski definition) is 7. The summed E-state index contributed by atoms with van der Waals surface area (Å²) >= 11 is 6.38. The van der Waals surface area contributed by atoms with Gasteiger partial charge in [0.15, 0.2) is 11.6 Å². The summed E-state index contributed by atoms with van der Waals surface area (Å²) in [5.74, 6) is -0.398. The van der Waals surface area contributed by atoms with Gasteiger partial charge in [0.2, 0.25) is 11.8 Å². The molecule has 1 aliphatic rings. The van der Waals surface area contributed by atoms with E-state index in [1.54, 1.807) is 24.3 Å². The van der Waals surface area contributed by atoms with Crippen molar-refractivity contribution in [3.05, 3.63) is 47.1 Å². The summed E-state index contributed by atoms with van der Waals surface area (Å²) in [5, 5.41) is 12.9. The number of aromatic nitrogens is 4. The first-order valence-corrected chi connectivity index (χ1v) is 13.1. The largest absolute Gasteiger partial charge is 0.479 e. The standard InChI is InChI=1S/C27H29ClF3N5O3/c1-3-6-16(2)39-21-10-8-18(15-32-21)22-34-23(36-25(38)35-22)19-13-17(7-9-20(19)28)14-33-24(37)26(27(29,30)31)11-4-5-12-26/h7-10,13,15-16H,3-6,11-12,14H2,1-2H3,(H,33,37)(H,34,35,36,38)/t16-/m0/s1. The van der Waals surface area contributed by atoms with Gasteiger partial charge in [-0.1, -0.05) is 43.9 Å². The molecule has 12 heteroatoms. The highest BCUT2D eigenvalue weighted by Crippen LogP contribution is 2.50. The average Bonchev–Trinajstić information content (AvgIpc) is 3.40. The molecule has 0 radical (unpaired) electrons. The third-order valence-electron chi connectivity index (χ3n) is 6.79. The van der Waals surface area contributed by atoms with Crippen molar-refractivity contribution in [1.29, 1.82) is 0 Å². The molecule has 2 N–H and O–H groups in total. The number of ether oxygens (including phenoxy) is 1. The first-order valence-electron chi connectivity index (χ1n) is 12.7. The number of alkyl halides is 3. The molecule has 0 unspecified atom stereocenters. The summed E-state index contributed by atoms with van der Waals surface area (Å²) in [6.45, 7) is 3.88. The number of amides is 1. The van der Waals surface area contributed by atoms with E-state index in [-0.39, 0.29) is 42.2 Å². The lowest BCUT2D eigenvalue weighted by atomic mass is 9.84. The molecule has 1 amide bonds. The summed E-state index contributed by atoms with van der Waals surface area (Å²) in [7, 11) is 0. The van der Waals surface area contributed by atoms with Gasteiger partial charge in [-0.15, -0.1) is 0 Å². The normalized spacial score (nSPS) is 15.6. The lowest BCUT2D eigenvalue weighted by Crippen LogP contribution is -2.48. The smallest absolute Gasteiger partial charge is 0.403 e. The maximum Gasteiger partial charge on any atom is 0.403 e. The fraction of sp³-hybridized carbons (Fsp3) is 0.444. The van der Waals surface area contributed by atoms with Crippen molar-refractivity contribution in [3.63, 3.8) is 0 Å². The summed E-state index contributed by atoms with van der Waals surface area (Å²) in [6, 6.07) is 7.50. The fourth-order valence-electron chi connectivity index (χ4n) is 4.69. The Morgan fingerprint density at radius 3 is 2.51 bits per heavy atom. The average molecular weight is 564 g/mol. The van der Waals surface area contributed by atoms with E-state index in [1.807, 2.05) is 6.92 Å². The van der Waals surface area contributed by atoms with Crippen molar-refractivity contribution in [2.24, 2.45) is 5.41 Å². The van der Waals surface area contributed by atoms with Crippen LogP contribution in [-0.2, 0) is 11.3 Å². The second-order valence-corrected chi connectivity index (χ2v) is 10.1. The molecule has 2 heterocycles. The number of aromatic hydroxyl groups is 1. The zero-order valence-corrected chi connectivity index (χ0v) is 22.3. The van der Waals surface area contributed by atoms with Gasteiger partial charge < -0.3 is 15.2 Å². The Hall–Kier alpha value is -3.47. The Morgan fingerprint density at radius 1 is 1.15 bits per heavy atom. The summed E-state index contributed by atoms with van der Waals surface area (Å²) in [4.78, 5) is 29.3. The van der Waals surface area contributed by atoms with E-state index in [2.05, 4.69) is 32.2 Å². The van der Waals surface area contributed by atoms with Gasteiger partial charge in [0.1, 0.15) is 5.41 Å². The van der Waals surface area contributed by atoms with Crippen LogP contribution in [-0.4, -0.2) is 43.2 Å². The van der Waals surface area contributed by atoms with E-state index in [1.165, 1.54) is 12.3 Å². The van der Waals surface area contributed by atoms with Gasteiger partial charge in [0.05, 0.1) is 11.1 Å². The van der Waals surface area contributed by atoms with Crippen LogP contribution in [0.15, 0.2) is 36.5 Å². The van der Waals surface area contributed by atoms with E-state index in [0.29, 0.717) is 35.4 Å². The minimum Gasteiger partial charge on any atom is -0.479 e. The first-order chi connectivity index (χ1) is 18.5. The molecule has 4 rings (SSSR count). The minimum absolute atomic E-state index is 0.0116. The monoisotopic (exact) mass is 563 g/mol. The van der Waals surface area contributed by atoms with Crippen LogP contribution in [0.3, 0.4) is 0 Å². The number of carbonyl (C=O) groups is 1. The quantitative estimate of drug-likeness (QED) is 0.316. The highest BCUT2D eigenvalue weighted by molar-refractivity contribution is 6.33. The van der Waals surface area contributed by atoms with Crippen LogP contribution >= 0.6 is 11.6 Å². The lowest BCUT2D eigenvalue weighted by Gasteiger charge is -2.30. The van der Waals surface area contributed by atoms with Gasteiger partial charge in [0.25, 0.3) is 0 Å². The molecule has 1 aromatic carbocycles. The molecule has 1 fully saturated rings. The summed E-state index contributed by atoms with van der Waals surface area (Å²) in [6.07, 6.45) is -0.958. The molecule has 3 aromatic rings. The van der Waals surface area contributed by atoms with Gasteiger partial charge >= 0.3 is 12.2 Å². The number of nitrogens with zero attached hydrogens (tertiary/aromatic N) is 4. The molecule has 8 nitrogen and oxygen atoms in total. The molecule has 1 aliphatic carbocycles. The van der Waals surface area contributed by atoms with Gasteiger partial charge in [-0.25, -0.2) is 9.97 Å². The molecular formula is C27H29ClF3N5O3. The molecule has 0 saturated heterocycles. The van der Waals surface area contributed by atoms with E-state index in [0.717, 1.165) is 12.8 Å². The number of benzene rings is 1. The van der Waals surface area contributed by atoms with Crippen molar-refractivity contribution in [2.45, 2.75) is 71.2 Å². The maximum absolute atomic E-state index is 13.7. The Balaban J connectivity index is 1.54. The van der Waals surface area contributed by atoms with Gasteiger partial charge in [-0.05, 0) is 49.9 Å². The Kier molecular flexibility index (Phi) is 8.58. The number of rotatable bonds is 9. The van der Waals surface area contributed by atoms with Crippen molar-refractivity contribution in [2.75, 3.05) is 0 Å². The van der Waals surface area contributed by atoms with E-state index < -0.39 is 23.5 Å². The number of carbonyl (C=O) groups excluding carboxylic acids is 1. The van der Waals surface area contributed by atoms with Crippen LogP contribution in [0, 0.1) is 5.41 Å². The molecule has 2 aromatic heterocycles. The van der Waals surface area contributed by atoms with Crippen LogP contribution < -0.4 is 10.1 Å². The Bertz CT molecular complexity index is 1320. The van der Waals surface area contributed by atoms with Crippen LogP contribution in [0.5, 0.6) is 11.9 Å². The van der Waals surface area contributed by atoms with Crippen LogP contribution in [0.4, 0.5) is 13.2 Å². The van der Waals surface area contributed by atoms with Crippen molar-refractivity contribution in [3.8, 4) is 34.7 Å². The Labute approximate surface area is 229 Å². The predicted octanol–water partition coefficient (Wildman–Crippen LogP) is 6.27. The predicted molar refractivity (Wildman–Crippen MR) is 139 cm³/mol. The van der Waals surface area contributed by atoms with E-state index >= 15 is 0 Å². The van der Waals surface area contributed by atoms with Crippen molar-refractivity contribution >= 4 is 17.5 Å². The maximum atomic E-state index is 13.7. The molecule has 39 heavy (non-hydrogen) atoms. The second kappa shape index (κ2) is 11.7. The summed E-state index contributed by atoms with van der Waals surface area (Å²) in [5.41, 5.74) is -1.06. The molecule has 0 spiro atoms. The molecule has 0 aliphatic heterocycles. The molecular weight excluding hydrogens is 535 g/mol. The lowest BCUT2D eigenvalue weighted by molar-refractivity contribution is -0.220. The molecule has 208 valence electrons. The number of halogens is 4. The van der Waals surface area contributed by atoms with E-state index in [4.69, 9.17) is 16.3 Å². The third-order valence-corrected chi connectivity index (χ3v) is 7.12. The SMILES string of the molecule is CCC[C@H](C)Oc1ccc(-c2nc(O)nc(-c3cc(CNC(=O)C4(C(F)(F)F)CCCC4)ccc3Cl)n2)cn1. The molecule has 1 atom stereocenters. The molecule has 0 bridgehead atoms. The van der Waals surface area contributed by atoms with Gasteiger partial charge in [0, 0.05) is 29.9 Å². The van der Waals surface area contributed by atoms with Gasteiger partial charge in [-0.2, -0.15) is 23.1 Å². The minimum atomic E-state index is -4.62.